The van der Waals surface area contributed by atoms with E-state index in [0.29, 0.717) is 11.3 Å². The van der Waals surface area contributed by atoms with Gasteiger partial charge >= 0.3 is 0 Å². The second kappa shape index (κ2) is 4.14. The number of nitrogen functional groups attached to an aromatic ring is 1. The van der Waals surface area contributed by atoms with E-state index in [1.54, 1.807) is 36.4 Å². The Morgan fingerprint density at radius 1 is 1.00 bits per heavy atom. The van der Waals surface area contributed by atoms with Crippen molar-refractivity contribution in [3.63, 3.8) is 0 Å². The molecule has 0 spiro atoms. The molecular weight excluding hydrogens is 205 g/mol. The molecule has 0 saturated carbocycles. The number of ketones is 1. The van der Waals surface area contributed by atoms with Crippen LogP contribution in [0.1, 0.15) is 15.9 Å². The number of anilines is 1. The van der Waals surface area contributed by atoms with Gasteiger partial charge in [-0.25, -0.2) is 4.39 Å². The summed E-state index contributed by atoms with van der Waals surface area (Å²) in [6.45, 7) is 0. The first-order valence-corrected chi connectivity index (χ1v) is 4.83. The second-order valence-electron chi connectivity index (χ2n) is 3.43. The van der Waals surface area contributed by atoms with Gasteiger partial charge in [-0.2, -0.15) is 0 Å². The Bertz CT molecular complexity index is 520. The smallest absolute Gasteiger partial charge is 0.195 e. The van der Waals surface area contributed by atoms with Crippen molar-refractivity contribution in [1.82, 2.24) is 0 Å². The lowest BCUT2D eigenvalue weighted by Gasteiger charge is -2.02. The zero-order valence-corrected chi connectivity index (χ0v) is 8.48. The molecule has 0 aliphatic rings. The topological polar surface area (TPSA) is 43.1 Å². The average Bonchev–Trinajstić information content (AvgIpc) is 2.30. The van der Waals surface area contributed by atoms with Crippen molar-refractivity contribution in [2.45, 2.75) is 0 Å². The third-order valence-corrected chi connectivity index (χ3v) is 2.29. The molecule has 80 valence electrons. The van der Waals surface area contributed by atoms with Crippen LogP contribution in [0, 0.1) is 5.82 Å². The van der Waals surface area contributed by atoms with E-state index in [2.05, 4.69) is 0 Å². The number of carbonyl (C=O) groups is 1. The lowest BCUT2D eigenvalue weighted by molar-refractivity contribution is 0.103. The van der Waals surface area contributed by atoms with Gasteiger partial charge in [-0.3, -0.25) is 4.79 Å². The molecule has 0 aliphatic heterocycles. The van der Waals surface area contributed by atoms with E-state index in [4.69, 9.17) is 5.73 Å². The zero-order valence-electron chi connectivity index (χ0n) is 8.48. The normalized spacial score (nSPS) is 10.1. The van der Waals surface area contributed by atoms with Crippen LogP contribution in [0.15, 0.2) is 48.5 Å². The lowest BCUT2D eigenvalue weighted by Crippen LogP contribution is -2.04. The first-order valence-electron chi connectivity index (χ1n) is 4.83. The fourth-order valence-electron chi connectivity index (χ4n) is 1.44. The number of hydrogen-bond acceptors (Lipinski definition) is 2. The van der Waals surface area contributed by atoms with Gasteiger partial charge in [0.2, 0.25) is 0 Å². The highest BCUT2D eigenvalue weighted by molar-refractivity contribution is 6.09. The van der Waals surface area contributed by atoms with Gasteiger partial charge in [0.25, 0.3) is 0 Å². The summed E-state index contributed by atoms with van der Waals surface area (Å²) in [5, 5.41) is 0. The van der Waals surface area contributed by atoms with Gasteiger partial charge in [0, 0.05) is 11.3 Å². The minimum absolute atomic E-state index is 0.0762. The van der Waals surface area contributed by atoms with Gasteiger partial charge in [-0.15, -0.1) is 0 Å². The molecule has 0 unspecified atom stereocenters. The SMILES string of the molecule is Nc1ccc(C(=O)c2ccccc2F)cc1. The number of carbonyl (C=O) groups excluding carboxylic acids is 1. The Balaban J connectivity index is 2.40. The Morgan fingerprint density at radius 3 is 2.25 bits per heavy atom. The van der Waals surface area contributed by atoms with E-state index < -0.39 is 5.82 Å². The number of halogens is 1. The maximum atomic E-state index is 13.4. The Morgan fingerprint density at radius 2 is 1.62 bits per heavy atom. The van der Waals surface area contributed by atoms with Crippen molar-refractivity contribution in [1.29, 1.82) is 0 Å². The number of hydrogen-bond donors (Lipinski definition) is 1. The summed E-state index contributed by atoms with van der Waals surface area (Å²) in [6, 6.07) is 12.3. The van der Waals surface area contributed by atoms with Crippen molar-refractivity contribution in [2.75, 3.05) is 5.73 Å². The first kappa shape index (κ1) is 10.4. The first-order chi connectivity index (χ1) is 7.68. The molecule has 0 fully saturated rings. The van der Waals surface area contributed by atoms with Crippen molar-refractivity contribution in [3.05, 3.63) is 65.5 Å². The van der Waals surface area contributed by atoms with Crippen LogP contribution in [-0.2, 0) is 0 Å². The van der Waals surface area contributed by atoms with Gasteiger partial charge in [0.05, 0.1) is 5.56 Å². The number of benzene rings is 2. The van der Waals surface area contributed by atoms with E-state index in [0.717, 1.165) is 0 Å². The average molecular weight is 215 g/mol. The summed E-state index contributed by atoms with van der Waals surface area (Å²) in [4.78, 5) is 11.9. The molecule has 0 radical (unpaired) electrons. The van der Waals surface area contributed by atoms with Crippen LogP contribution in [-0.4, -0.2) is 5.78 Å². The number of nitrogens with two attached hydrogens (primary N) is 1. The fraction of sp³-hybridized carbons (Fsp3) is 0. The summed E-state index contributed by atoms with van der Waals surface area (Å²) in [6.07, 6.45) is 0. The molecule has 2 aromatic carbocycles. The molecule has 2 nitrogen and oxygen atoms in total. The van der Waals surface area contributed by atoms with Gasteiger partial charge in [0.15, 0.2) is 5.78 Å². The minimum Gasteiger partial charge on any atom is -0.399 e. The zero-order chi connectivity index (χ0) is 11.5. The van der Waals surface area contributed by atoms with Crippen molar-refractivity contribution < 1.29 is 9.18 Å². The highest BCUT2D eigenvalue weighted by atomic mass is 19.1. The Hall–Kier alpha value is -2.16. The molecule has 0 aliphatic carbocycles. The highest BCUT2D eigenvalue weighted by Crippen LogP contribution is 2.14. The van der Waals surface area contributed by atoms with Crippen LogP contribution in [0.4, 0.5) is 10.1 Å². The van der Waals surface area contributed by atoms with Crippen molar-refractivity contribution >= 4 is 11.5 Å². The van der Waals surface area contributed by atoms with E-state index in [1.165, 1.54) is 12.1 Å². The molecule has 2 rings (SSSR count). The van der Waals surface area contributed by atoms with E-state index in [1.807, 2.05) is 0 Å². The largest absolute Gasteiger partial charge is 0.399 e. The standard InChI is InChI=1S/C13H10FNO/c14-12-4-2-1-3-11(12)13(16)9-5-7-10(15)8-6-9/h1-8H,15H2. The maximum Gasteiger partial charge on any atom is 0.195 e. The van der Waals surface area contributed by atoms with Gasteiger partial charge in [-0.1, -0.05) is 12.1 Å². The van der Waals surface area contributed by atoms with Gasteiger partial charge in [0.1, 0.15) is 5.82 Å². The van der Waals surface area contributed by atoms with Crippen LogP contribution in [0.2, 0.25) is 0 Å². The number of rotatable bonds is 2. The molecule has 0 bridgehead atoms. The molecule has 2 N–H and O–H groups in total. The quantitative estimate of drug-likeness (QED) is 0.618. The predicted octanol–water partition coefficient (Wildman–Crippen LogP) is 2.64. The van der Waals surface area contributed by atoms with Crippen LogP contribution >= 0.6 is 0 Å². The summed E-state index contributed by atoms with van der Waals surface area (Å²) in [5.41, 5.74) is 6.59. The van der Waals surface area contributed by atoms with Crippen LogP contribution in [0.3, 0.4) is 0 Å². The highest BCUT2D eigenvalue weighted by Gasteiger charge is 2.12. The molecule has 0 aromatic heterocycles. The van der Waals surface area contributed by atoms with Gasteiger partial charge in [-0.05, 0) is 36.4 Å². The van der Waals surface area contributed by atoms with Crippen molar-refractivity contribution in [3.8, 4) is 0 Å². The molecule has 2 aromatic rings. The molecule has 0 atom stereocenters. The monoisotopic (exact) mass is 215 g/mol. The molecule has 0 amide bonds. The molecule has 3 heteroatoms. The van der Waals surface area contributed by atoms with Crippen LogP contribution in [0.5, 0.6) is 0 Å². The summed E-state index contributed by atoms with van der Waals surface area (Å²) < 4.78 is 13.4. The van der Waals surface area contributed by atoms with Crippen molar-refractivity contribution in [2.24, 2.45) is 0 Å². The maximum absolute atomic E-state index is 13.4. The summed E-state index contributed by atoms with van der Waals surface area (Å²) in [5.74, 6) is -0.845. The Labute approximate surface area is 92.5 Å². The van der Waals surface area contributed by atoms with E-state index in [-0.39, 0.29) is 11.3 Å². The third-order valence-electron chi connectivity index (χ3n) is 2.29. The molecule has 16 heavy (non-hydrogen) atoms. The van der Waals surface area contributed by atoms with Gasteiger partial charge < -0.3 is 5.73 Å². The molecule has 0 saturated heterocycles. The predicted molar refractivity (Wildman–Crippen MR) is 60.7 cm³/mol. The Kier molecular flexibility index (Phi) is 2.68. The fourth-order valence-corrected chi connectivity index (χ4v) is 1.44. The van der Waals surface area contributed by atoms with Crippen LogP contribution < -0.4 is 5.73 Å². The second-order valence-corrected chi connectivity index (χ2v) is 3.43. The summed E-state index contributed by atoms with van der Waals surface area (Å²) >= 11 is 0. The van der Waals surface area contributed by atoms with E-state index in [9.17, 15) is 9.18 Å². The third kappa shape index (κ3) is 1.93. The molecular formula is C13H10FNO. The summed E-state index contributed by atoms with van der Waals surface area (Å²) in [7, 11) is 0. The van der Waals surface area contributed by atoms with Crippen LogP contribution in [0.25, 0.3) is 0 Å². The minimum atomic E-state index is -0.510. The van der Waals surface area contributed by atoms with E-state index >= 15 is 0 Å². The lowest BCUT2D eigenvalue weighted by atomic mass is 10.0. The molecule has 0 heterocycles.